The Morgan fingerprint density at radius 1 is 0.880 bits per heavy atom. The van der Waals surface area contributed by atoms with Crippen LogP contribution >= 0.6 is 0 Å². The van der Waals surface area contributed by atoms with Crippen LogP contribution in [0.2, 0.25) is 0 Å². The number of carbonyl (C=O) groups is 1. The van der Waals surface area contributed by atoms with Gasteiger partial charge in [0.2, 0.25) is 0 Å². The second-order valence-electron chi connectivity index (χ2n) is 5.63. The van der Waals surface area contributed by atoms with Crippen molar-refractivity contribution in [2.75, 3.05) is 6.54 Å². The molecule has 0 atom stereocenters. The molecule has 1 heterocycles. The summed E-state index contributed by atoms with van der Waals surface area (Å²) in [7, 11) is 0. The number of hydrogen-bond acceptors (Lipinski definition) is 3. The third kappa shape index (κ3) is 4.91. The summed E-state index contributed by atoms with van der Waals surface area (Å²) in [5, 5.41) is 2.96. The summed E-state index contributed by atoms with van der Waals surface area (Å²) in [6, 6.07) is 21.2. The SMILES string of the molecule is O=C(NCCc1ccccc1)c1ccccc1OCc1ccncc1. The predicted octanol–water partition coefficient (Wildman–Crippen LogP) is 3.63. The molecule has 0 saturated carbocycles. The van der Waals surface area contributed by atoms with E-state index in [0.29, 0.717) is 24.5 Å². The third-order valence-electron chi connectivity index (χ3n) is 3.82. The number of rotatable bonds is 7. The number of benzene rings is 2. The van der Waals surface area contributed by atoms with Crippen LogP contribution in [0.25, 0.3) is 0 Å². The lowest BCUT2D eigenvalue weighted by atomic mass is 10.1. The summed E-state index contributed by atoms with van der Waals surface area (Å²) in [6.45, 7) is 0.984. The highest BCUT2D eigenvalue weighted by molar-refractivity contribution is 5.96. The van der Waals surface area contributed by atoms with Crippen molar-refractivity contribution in [1.82, 2.24) is 10.3 Å². The molecular weight excluding hydrogens is 312 g/mol. The van der Waals surface area contributed by atoms with Gasteiger partial charge in [0.05, 0.1) is 5.56 Å². The monoisotopic (exact) mass is 332 g/mol. The molecule has 0 aliphatic carbocycles. The molecule has 0 radical (unpaired) electrons. The molecule has 0 aliphatic heterocycles. The van der Waals surface area contributed by atoms with Crippen molar-refractivity contribution in [2.45, 2.75) is 13.0 Å². The molecule has 0 spiro atoms. The summed E-state index contributed by atoms with van der Waals surface area (Å²) >= 11 is 0. The first-order chi connectivity index (χ1) is 12.3. The van der Waals surface area contributed by atoms with Gasteiger partial charge in [-0.25, -0.2) is 0 Å². The zero-order chi connectivity index (χ0) is 17.3. The van der Waals surface area contributed by atoms with Crippen molar-refractivity contribution in [3.63, 3.8) is 0 Å². The third-order valence-corrected chi connectivity index (χ3v) is 3.82. The lowest BCUT2D eigenvalue weighted by Gasteiger charge is -2.12. The summed E-state index contributed by atoms with van der Waals surface area (Å²) in [5.41, 5.74) is 2.75. The molecule has 0 fully saturated rings. The Morgan fingerprint density at radius 3 is 2.40 bits per heavy atom. The summed E-state index contributed by atoms with van der Waals surface area (Å²) in [4.78, 5) is 16.5. The van der Waals surface area contributed by atoms with E-state index in [-0.39, 0.29) is 5.91 Å². The summed E-state index contributed by atoms with van der Waals surface area (Å²) in [5.74, 6) is 0.456. The fraction of sp³-hybridized carbons (Fsp3) is 0.143. The molecular formula is C21H20N2O2. The van der Waals surface area contributed by atoms with Gasteiger partial charge in [-0.05, 0) is 41.8 Å². The van der Waals surface area contributed by atoms with E-state index < -0.39 is 0 Å². The van der Waals surface area contributed by atoms with Gasteiger partial charge in [0.15, 0.2) is 0 Å². The van der Waals surface area contributed by atoms with Crippen molar-refractivity contribution in [2.24, 2.45) is 0 Å². The Kier molecular flexibility index (Phi) is 5.77. The highest BCUT2D eigenvalue weighted by Gasteiger charge is 2.11. The Hall–Kier alpha value is -3.14. The van der Waals surface area contributed by atoms with E-state index in [1.165, 1.54) is 5.56 Å². The van der Waals surface area contributed by atoms with Crippen molar-refractivity contribution in [3.8, 4) is 5.75 Å². The minimum absolute atomic E-state index is 0.124. The Morgan fingerprint density at radius 2 is 1.60 bits per heavy atom. The standard InChI is InChI=1S/C21H20N2O2/c24-21(23-15-12-17-6-2-1-3-7-17)19-8-4-5-9-20(19)25-16-18-10-13-22-14-11-18/h1-11,13-14H,12,15-16H2,(H,23,24). The van der Waals surface area contributed by atoms with Crippen LogP contribution in [0.4, 0.5) is 0 Å². The molecule has 126 valence electrons. The second-order valence-corrected chi connectivity index (χ2v) is 5.63. The topological polar surface area (TPSA) is 51.2 Å². The first-order valence-corrected chi connectivity index (χ1v) is 8.26. The maximum absolute atomic E-state index is 12.5. The van der Waals surface area contributed by atoms with E-state index in [2.05, 4.69) is 22.4 Å². The molecule has 0 aliphatic rings. The molecule has 3 rings (SSSR count). The highest BCUT2D eigenvalue weighted by atomic mass is 16.5. The lowest BCUT2D eigenvalue weighted by molar-refractivity contribution is 0.0949. The van der Waals surface area contributed by atoms with E-state index in [0.717, 1.165) is 12.0 Å². The number of pyridine rings is 1. The summed E-state index contributed by atoms with van der Waals surface area (Å²) < 4.78 is 5.82. The smallest absolute Gasteiger partial charge is 0.255 e. The highest BCUT2D eigenvalue weighted by Crippen LogP contribution is 2.19. The van der Waals surface area contributed by atoms with Crippen molar-refractivity contribution in [1.29, 1.82) is 0 Å². The van der Waals surface area contributed by atoms with E-state index in [1.807, 2.05) is 48.5 Å². The molecule has 3 aromatic rings. The van der Waals surface area contributed by atoms with Gasteiger partial charge in [0.1, 0.15) is 12.4 Å². The molecule has 4 heteroatoms. The first-order valence-electron chi connectivity index (χ1n) is 8.26. The average Bonchev–Trinajstić information content (AvgIpc) is 2.68. The zero-order valence-electron chi connectivity index (χ0n) is 13.9. The maximum atomic E-state index is 12.5. The fourth-order valence-electron chi connectivity index (χ4n) is 2.48. The number of ether oxygens (including phenoxy) is 1. The molecule has 2 aromatic carbocycles. The van der Waals surface area contributed by atoms with Crippen molar-refractivity contribution in [3.05, 3.63) is 95.8 Å². The van der Waals surface area contributed by atoms with E-state index in [9.17, 15) is 4.79 Å². The molecule has 1 amide bonds. The number of para-hydroxylation sites is 1. The van der Waals surface area contributed by atoms with Crippen LogP contribution in [0, 0.1) is 0 Å². The lowest BCUT2D eigenvalue weighted by Crippen LogP contribution is -2.26. The van der Waals surface area contributed by atoms with Crippen LogP contribution < -0.4 is 10.1 Å². The van der Waals surface area contributed by atoms with Crippen LogP contribution in [0.3, 0.4) is 0 Å². The zero-order valence-corrected chi connectivity index (χ0v) is 13.9. The average molecular weight is 332 g/mol. The second kappa shape index (κ2) is 8.64. The number of aromatic nitrogens is 1. The van der Waals surface area contributed by atoms with Crippen molar-refractivity contribution >= 4 is 5.91 Å². The number of carbonyl (C=O) groups excluding carboxylic acids is 1. The van der Waals surface area contributed by atoms with Gasteiger partial charge in [0.25, 0.3) is 5.91 Å². The largest absolute Gasteiger partial charge is 0.488 e. The number of nitrogens with one attached hydrogen (secondary N) is 1. The molecule has 0 saturated heterocycles. The predicted molar refractivity (Wildman–Crippen MR) is 97.5 cm³/mol. The number of nitrogens with zero attached hydrogens (tertiary/aromatic N) is 1. The van der Waals surface area contributed by atoms with Gasteiger partial charge in [-0.15, -0.1) is 0 Å². The molecule has 25 heavy (non-hydrogen) atoms. The minimum Gasteiger partial charge on any atom is -0.488 e. The maximum Gasteiger partial charge on any atom is 0.255 e. The van der Waals surface area contributed by atoms with E-state index in [4.69, 9.17) is 4.74 Å². The molecule has 4 nitrogen and oxygen atoms in total. The number of hydrogen-bond donors (Lipinski definition) is 1. The Labute approximate surface area is 147 Å². The van der Waals surface area contributed by atoms with Gasteiger partial charge in [-0.1, -0.05) is 42.5 Å². The van der Waals surface area contributed by atoms with Gasteiger partial charge in [-0.3, -0.25) is 9.78 Å². The van der Waals surface area contributed by atoms with Crippen LogP contribution in [0.1, 0.15) is 21.5 Å². The minimum atomic E-state index is -0.124. The van der Waals surface area contributed by atoms with Crippen molar-refractivity contribution < 1.29 is 9.53 Å². The van der Waals surface area contributed by atoms with E-state index in [1.54, 1.807) is 18.5 Å². The number of amides is 1. The van der Waals surface area contributed by atoms with Gasteiger partial charge in [-0.2, -0.15) is 0 Å². The van der Waals surface area contributed by atoms with Gasteiger partial charge < -0.3 is 10.1 Å². The van der Waals surface area contributed by atoms with Gasteiger partial charge >= 0.3 is 0 Å². The van der Waals surface area contributed by atoms with Crippen LogP contribution in [0.15, 0.2) is 79.1 Å². The fourth-order valence-corrected chi connectivity index (χ4v) is 2.48. The van der Waals surface area contributed by atoms with E-state index >= 15 is 0 Å². The van der Waals surface area contributed by atoms with Crippen LogP contribution in [0.5, 0.6) is 5.75 Å². The summed E-state index contributed by atoms with van der Waals surface area (Å²) in [6.07, 6.45) is 4.24. The molecule has 1 aromatic heterocycles. The molecule has 0 bridgehead atoms. The molecule has 1 N–H and O–H groups in total. The van der Waals surface area contributed by atoms with Crippen LogP contribution in [-0.4, -0.2) is 17.4 Å². The van der Waals surface area contributed by atoms with Crippen LogP contribution in [-0.2, 0) is 13.0 Å². The van der Waals surface area contributed by atoms with Gasteiger partial charge in [0, 0.05) is 18.9 Å². The quantitative estimate of drug-likeness (QED) is 0.719. The Bertz CT molecular complexity index is 804. The first kappa shape index (κ1) is 16.7. The Balaban J connectivity index is 1.58. The normalized spacial score (nSPS) is 10.2. The molecule has 0 unspecified atom stereocenters.